The molecule has 0 radical (unpaired) electrons. The molecule has 0 aliphatic carbocycles. The molecule has 17 heavy (non-hydrogen) atoms. The van der Waals surface area contributed by atoms with Gasteiger partial charge in [-0.3, -0.25) is 9.59 Å². The van der Waals surface area contributed by atoms with Gasteiger partial charge >= 0.3 is 8.56 Å². The maximum atomic E-state index is 11.0. The van der Waals surface area contributed by atoms with Crippen LogP contribution in [0.5, 0.6) is 0 Å². The lowest BCUT2D eigenvalue weighted by Gasteiger charge is -2.24. The highest BCUT2D eigenvalue weighted by molar-refractivity contribution is 6.69. The van der Waals surface area contributed by atoms with Crippen LogP contribution >= 0.6 is 0 Å². The molecule has 98 valence electrons. The summed E-state index contributed by atoms with van der Waals surface area (Å²) in [6, 6.07) is 0.429. The molecule has 1 saturated heterocycles. The van der Waals surface area contributed by atoms with Gasteiger partial charge in [0.2, 0.25) is 0 Å². The van der Waals surface area contributed by atoms with Crippen molar-refractivity contribution in [2.45, 2.75) is 32.5 Å². The van der Waals surface area contributed by atoms with Crippen molar-refractivity contribution in [3.63, 3.8) is 0 Å². The van der Waals surface area contributed by atoms with Crippen molar-refractivity contribution in [1.29, 1.82) is 0 Å². The Morgan fingerprint density at radius 2 is 1.82 bits per heavy atom. The third-order valence-corrected chi connectivity index (χ3v) is 4.68. The summed E-state index contributed by atoms with van der Waals surface area (Å²) in [5.74, 6) is -0.878. The monoisotopic (exact) mass is 262 g/mol. The Labute approximate surface area is 101 Å². The van der Waals surface area contributed by atoms with Gasteiger partial charge < -0.3 is 18.3 Å². The maximum Gasteiger partial charge on any atom is 0.463 e. The molecule has 1 heterocycles. The van der Waals surface area contributed by atoms with Gasteiger partial charge in [0.25, 0.3) is 11.9 Å². The van der Waals surface area contributed by atoms with Crippen molar-refractivity contribution >= 4 is 20.5 Å². The van der Waals surface area contributed by atoms with E-state index in [0.717, 1.165) is 6.61 Å². The topological polar surface area (TPSA) is 74.4 Å². The van der Waals surface area contributed by atoms with Crippen molar-refractivity contribution in [3.8, 4) is 0 Å². The van der Waals surface area contributed by atoms with Crippen molar-refractivity contribution in [2.75, 3.05) is 19.8 Å². The molecule has 1 aliphatic heterocycles. The van der Waals surface area contributed by atoms with Crippen molar-refractivity contribution in [2.24, 2.45) is 0 Å². The molecule has 0 bridgehead atoms. The van der Waals surface area contributed by atoms with E-state index in [9.17, 15) is 9.59 Å². The Balaban J connectivity index is 2.31. The van der Waals surface area contributed by atoms with E-state index in [0.29, 0.717) is 19.3 Å². The van der Waals surface area contributed by atoms with Gasteiger partial charge in [0.15, 0.2) is 0 Å². The second-order valence-electron chi connectivity index (χ2n) is 4.10. The molecule has 0 N–H and O–H groups in total. The van der Waals surface area contributed by atoms with Gasteiger partial charge in [0.05, 0.1) is 19.8 Å². The molecule has 0 aromatic rings. The molecule has 1 rings (SSSR count). The lowest BCUT2D eigenvalue weighted by atomic mass is 10.5. The fourth-order valence-electron chi connectivity index (χ4n) is 1.37. The first-order chi connectivity index (χ1) is 7.91. The van der Waals surface area contributed by atoms with Gasteiger partial charge in [-0.1, -0.05) is 0 Å². The van der Waals surface area contributed by atoms with Crippen LogP contribution in [0.25, 0.3) is 0 Å². The number of rotatable bonds is 7. The van der Waals surface area contributed by atoms with Gasteiger partial charge in [-0.25, -0.2) is 0 Å². The number of epoxide rings is 1. The molecule has 7 heteroatoms. The van der Waals surface area contributed by atoms with Crippen LogP contribution in [0.2, 0.25) is 12.6 Å². The minimum atomic E-state index is -2.79. The van der Waals surface area contributed by atoms with Crippen LogP contribution in [-0.2, 0) is 27.9 Å². The number of hydrogen-bond acceptors (Lipinski definition) is 6. The zero-order chi connectivity index (χ0) is 12.9. The molecule has 1 fully saturated rings. The van der Waals surface area contributed by atoms with Crippen LogP contribution in [0.1, 0.15) is 13.8 Å². The number of carbonyl (C=O) groups excluding carboxylic acids is 2. The van der Waals surface area contributed by atoms with Gasteiger partial charge in [0.1, 0.15) is 6.10 Å². The number of ether oxygens (including phenoxy) is 2. The fraction of sp³-hybridized carbons (Fsp3) is 0.800. The lowest BCUT2D eigenvalue weighted by Crippen LogP contribution is -2.42. The first-order valence-corrected chi connectivity index (χ1v) is 8.02. The number of hydrogen-bond donors (Lipinski definition) is 0. The van der Waals surface area contributed by atoms with Gasteiger partial charge in [-0.2, -0.15) is 0 Å². The summed E-state index contributed by atoms with van der Waals surface area (Å²) < 4.78 is 20.6. The molecule has 0 saturated carbocycles. The average Bonchev–Trinajstić information content (AvgIpc) is 2.93. The fourth-order valence-corrected chi connectivity index (χ4v) is 3.34. The van der Waals surface area contributed by atoms with E-state index < -0.39 is 20.5 Å². The highest BCUT2D eigenvalue weighted by Crippen LogP contribution is 2.15. The summed E-state index contributed by atoms with van der Waals surface area (Å²) in [5, 5.41) is 0. The molecule has 6 nitrogen and oxygen atoms in total. The van der Waals surface area contributed by atoms with E-state index in [1.54, 1.807) is 6.55 Å². The van der Waals surface area contributed by atoms with E-state index in [4.69, 9.17) is 18.3 Å². The molecule has 0 aromatic heterocycles. The summed E-state index contributed by atoms with van der Waals surface area (Å²) >= 11 is 0. The van der Waals surface area contributed by atoms with Crippen LogP contribution < -0.4 is 0 Å². The quantitative estimate of drug-likeness (QED) is 0.380. The third-order valence-electron chi connectivity index (χ3n) is 2.13. The Hall–Kier alpha value is -0.923. The Morgan fingerprint density at radius 3 is 2.24 bits per heavy atom. The SMILES string of the molecule is CC(=O)O[Si](C)(CCOCC1CO1)OC(C)=O. The first-order valence-electron chi connectivity index (χ1n) is 5.50. The lowest BCUT2D eigenvalue weighted by molar-refractivity contribution is -0.138. The van der Waals surface area contributed by atoms with Gasteiger partial charge in [-0.15, -0.1) is 0 Å². The predicted molar refractivity (Wildman–Crippen MR) is 60.5 cm³/mol. The van der Waals surface area contributed by atoms with Crippen molar-refractivity contribution < 1.29 is 27.9 Å². The summed E-state index contributed by atoms with van der Waals surface area (Å²) in [6.45, 7) is 5.93. The van der Waals surface area contributed by atoms with E-state index in [1.165, 1.54) is 13.8 Å². The molecule has 1 unspecified atom stereocenters. The molecule has 0 amide bonds. The molecule has 0 spiro atoms. The minimum Gasteiger partial charge on any atom is -0.485 e. The average molecular weight is 262 g/mol. The Kier molecular flexibility index (Phi) is 5.10. The summed E-state index contributed by atoms with van der Waals surface area (Å²) in [6.07, 6.45) is 0.199. The predicted octanol–water partition coefficient (Wildman–Crippen LogP) is 0.600. The zero-order valence-corrected chi connectivity index (χ0v) is 11.4. The molecular weight excluding hydrogens is 244 g/mol. The second-order valence-corrected chi connectivity index (χ2v) is 7.28. The summed E-state index contributed by atoms with van der Waals surface area (Å²) in [7, 11) is -2.79. The second kappa shape index (κ2) is 6.13. The van der Waals surface area contributed by atoms with Gasteiger partial charge in [-0.05, 0) is 0 Å². The smallest absolute Gasteiger partial charge is 0.463 e. The first kappa shape index (κ1) is 14.1. The minimum absolute atomic E-state index is 0.199. The highest BCUT2D eigenvalue weighted by atomic mass is 28.4. The summed E-state index contributed by atoms with van der Waals surface area (Å²) in [5.41, 5.74) is 0. The van der Waals surface area contributed by atoms with Gasteiger partial charge in [0, 0.05) is 26.4 Å². The largest absolute Gasteiger partial charge is 0.485 e. The van der Waals surface area contributed by atoms with E-state index in [-0.39, 0.29) is 6.10 Å². The molecule has 1 atom stereocenters. The van der Waals surface area contributed by atoms with Crippen LogP contribution in [-0.4, -0.2) is 46.4 Å². The maximum absolute atomic E-state index is 11.0. The molecule has 1 aliphatic rings. The van der Waals surface area contributed by atoms with E-state index in [2.05, 4.69) is 0 Å². The normalized spacial score (nSPS) is 18.6. The molecular formula is C10H18O6Si. The molecule has 0 aromatic carbocycles. The Morgan fingerprint density at radius 1 is 1.29 bits per heavy atom. The van der Waals surface area contributed by atoms with Crippen LogP contribution in [0.4, 0.5) is 0 Å². The van der Waals surface area contributed by atoms with Crippen molar-refractivity contribution in [3.05, 3.63) is 0 Å². The van der Waals surface area contributed by atoms with Crippen LogP contribution in [0.3, 0.4) is 0 Å². The van der Waals surface area contributed by atoms with Crippen LogP contribution in [0, 0.1) is 0 Å². The number of carbonyl (C=O) groups is 2. The third kappa shape index (κ3) is 6.40. The summed E-state index contributed by atoms with van der Waals surface area (Å²) in [4.78, 5) is 21.9. The standard InChI is InChI=1S/C10H18O6Si/c1-8(11)15-17(3,16-9(2)12)5-4-13-6-10-7-14-10/h10H,4-7H2,1-3H3. The Bertz CT molecular complexity index is 273. The van der Waals surface area contributed by atoms with E-state index in [1.807, 2.05) is 0 Å². The highest BCUT2D eigenvalue weighted by Gasteiger charge is 2.38. The zero-order valence-electron chi connectivity index (χ0n) is 10.4. The van der Waals surface area contributed by atoms with E-state index >= 15 is 0 Å². The van der Waals surface area contributed by atoms with Crippen LogP contribution in [0.15, 0.2) is 0 Å². The van der Waals surface area contributed by atoms with Crippen molar-refractivity contribution in [1.82, 2.24) is 0 Å².